The van der Waals surface area contributed by atoms with Gasteiger partial charge in [0.05, 0.1) is 11.7 Å². The van der Waals surface area contributed by atoms with Crippen molar-refractivity contribution in [3.05, 3.63) is 33.8 Å². The minimum absolute atomic E-state index is 0.106. The Balaban J connectivity index is 1.97. The van der Waals surface area contributed by atoms with Gasteiger partial charge in [-0.2, -0.15) is 0 Å². The topological polar surface area (TPSA) is 75.7 Å². The molecule has 0 radical (unpaired) electrons. The van der Waals surface area contributed by atoms with Crippen LogP contribution in [-0.2, 0) is 25.3 Å². The number of piperidine rings is 1. The largest absolute Gasteiger partial charge is 0.385 e. The number of carbonyl (C=O) groups is 1. The van der Waals surface area contributed by atoms with Crippen molar-refractivity contribution in [2.45, 2.75) is 25.0 Å². The molecular weight excluding hydrogens is 399 g/mol. The van der Waals surface area contributed by atoms with Crippen molar-refractivity contribution >= 4 is 39.1 Å². The second-order valence-electron chi connectivity index (χ2n) is 6.33. The number of carbonyl (C=O) groups excluding carboxylic acids is 1. The minimum Gasteiger partial charge on any atom is -0.385 e. The fourth-order valence-corrected chi connectivity index (χ4v) is 5.10. The van der Waals surface area contributed by atoms with Gasteiger partial charge >= 0.3 is 0 Å². The standard InChI is InChI=1S/C17H24Cl2N2O4S/c1-25-9-3-7-20-17(22)13-4-2-8-21(11-13)26(23,24)12-14-5-6-15(18)10-16(14)19/h5-6,10,13H,2-4,7-9,11-12H2,1H3,(H,20,22)/t13-/m1/s1. The molecule has 9 heteroatoms. The lowest BCUT2D eigenvalue weighted by atomic mass is 9.99. The number of hydrogen-bond donors (Lipinski definition) is 1. The molecule has 1 aromatic carbocycles. The van der Waals surface area contributed by atoms with Crippen LogP contribution in [-0.4, -0.2) is 52.0 Å². The van der Waals surface area contributed by atoms with Gasteiger partial charge < -0.3 is 10.1 Å². The van der Waals surface area contributed by atoms with E-state index in [1.54, 1.807) is 19.2 Å². The van der Waals surface area contributed by atoms with Crippen molar-refractivity contribution in [3.8, 4) is 0 Å². The number of halogens is 2. The Morgan fingerprint density at radius 3 is 2.85 bits per heavy atom. The fourth-order valence-electron chi connectivity index (χ4n) is 2.91. The van der Waals surface area contributed by atoms with Gasteiger partial charge in [0, 0.05) is 43.4 Å². The first kappa shape index (κ1) is 21.4. The van der Waals surface area contributed by atoms with Crippen molar-refractivity contribution in [3.63, 3.8) is 0 Å². The predicted molar refractivity (Wildman–Crippen MR) is 103 cm³/mol. The molecule has 1 N–H and O–H groups in total. The van der Waals surface area contributed by atoms with Gasteiger partial charge in [-0.25, -0.2) is 12.7 Å². The number of amides is 1. The van der Waals surface area contributed by atoms with Crippen LogP contribution in [0, 0.1) is 5.92 Å². The van der Waals surface area contributed by atoms with Crippen LogP contribution < -0.4 is 5.32 Å². The molecule has 0 spiro atoms. The molecule has 0 aromatic heterocycles. The van der Waals surface area contributed by atoms with E-state index in [4.69, 9.17) is 27.9 Å². The summed E-state index contributed by atoms with van der Waals surface area (Å²) in [6.07, 6.45) is 2.07. The molecule has 146 valence electrons. The molecule has 26 heavy (non-hydrogen) atoms. The summed E-state index contributed by atoms with van der Waals surface area (Å²) in [6.45, 7) is 1.72. The lowest BCUT2D eigenvalue weighted by molar-refractivity contribution is -0.126. The zero-order valence-electron chi connectivity index (χ0n) is 14.7. The second kappa shape index (κ2) is 9.90. The maximum atomic E-state index is 12.7. The van der Waals surface area contributed by atoms with E-state index in [-0.39, 0.29) is 24.1 Å². The summed E-state index contributed by atoms with van der Waals surface area (Å²) in [6, 6.07) is 4.76. The molecule has 1 aromatic rings. The van der Waals surface area contributed by atoms with Gasteiger partial charge in [-0.1, -0.05) is 29.3 Å². The Morgan fingerprint density at radius 2 is 2.15 bits per heavy atom. The first-order valence-electron chi connectivity index (χ1n) is 8.52. The van der Waals surface area contributed by atoms with Gasteiger partial charge in [-0.05, 0) is 37.0 Å². The number of rotatable bonds is 8. The molecule has 1 atom stereocenters. The highest BCUT2D eigenvalue weighted by molar-refractivity contribution is 7.88. The molecule has 0 aliphatic carbocycles. The van der Waals surface area contributed by atoms with E-state index >= 15 is 0 Å². The first-order valence-corrected chi connectivity index (χ1v) is 10.9. The molecule has 1 heterocycles. The van der Waals surface area contributed by atoms with Gasteiger partial charge in [0.15, 0.2) is 0 Å². The molecule has 2 rings (SSSR count). The summed E-state index contributed by atoms with van der Waals surface area (Å²) in [5, 5.41) is 3.63. The van der Waals surface area contributed by atoms with Crippen LogP contribution in [0.5, 0.6) is 0 Å². The quantitative estimate of drug-likeness (QED) is 0.653. The van der Waals surface area contributed by atoms with Crippen LogP contribution in [0.3, 0.4) is 0 Å². The van der Waals surface area contributed by atoms with E-state index in [1.165, 1.54) is 10.4 Å². The Labute approximate surface area is 164 Å². The van der Waals surface area contributed by atoms with Gasteiger partial charge in [0.25, 0.3) is 0 Å². The molecular formula is C17H24Cl2N2O4S. The maximum absolute atomic E-state index is 12.7. The van der Waals surface area contributed by atoms with Crippen molar-refractivity contribution in [1.82, 2.24) is 9.62 Å². The third-order valence-corrected chi connectivity index (χ3v) is 6.71. The van der Waals surface area contributed by atoms with Gasteiger partial charge in [-0.3, -0.25) is 4.79 Å². The molecule has 6 nitrogen and oxygen atoms in total. The Morgan fingerprint density at radius 1 is 1.38 bits per heavy atom. The minimum atomic E-state index is -3.56. The van der Waals surface area contributed by atoms with E-state index in [0.29, 0.717) is 48.1 Å². The maximum Gasteiger partial charge on any atom is 0.224 e. The van der Waals surface area contributed by atoms with E-state index < -0.39 is 10.0 Å². The summed E-state index contributed by atoms with van der Waals surface area (Å²) in [5.41, 5.74) is 0.502. The zero-order chi connectivity index (χ0) is 19.2. The molecule has 1 fully saturated rings. The average molecular weight is 423 g/mol. The molecule has 1 aliphatic heterocycles. The van der Waals surface area contributed by atoms with E-state index in [9.17, 15) is 13.2 Å². The predicted octanol–water partition coefficient (Wildman–Crippen LogP) is 2.69. The lowest BCUT2D eigenvalue weighted by Gasteiger charge is -2.31. The van der Waals surface area contributed by atoms with Crippen LogP contribution >= 0.6 is 23.2 Å². The van der Waals surface area contributed by atoms with Gasteiger partial charge in [-0.15, -0.1) is 0 Å². The molecule has 0 unspecified atom stereocenters. The van der Waals surface area contributed by atoms with Crippen LogP contribution in [0.2, 0.25) is 10.0 Å². The van der Waals surface area contributed by atoms with Crippen LogP contribution in [0.1, 0.15) is 24.8 Å². The summed E-state index contributed by atoms with van der Waals surface area (Å²) >= 11 is 12.0. The Hall–Kier alpha value is -0.860. The monoisotopic (exact) mass is 422 g/mol. The number of nitrogens with zero attached hydrogens (tertiary/aromatic N) is 1. The molecule has 0 bridgehead atoms. The third kappa shape index (κ3) is 6.09. The molecule has 1 amide bonds. The van der Waals surface area contributed by atoms with Crippen molar-refractivity contribution in [2.75, 3.05) is 33.4 Å². The number of methoxy groups -OCH3 is 1. The molecule has 1 saturated heterocycles. The SMILES string of the molecule is COCCCNC(=O)[C@@H]1CCCN(S(=O)(=O)Cc2ccc(Cl)cc2Cl)C1. The number of benzene rings is 1. The zero-order valence-corrected chi connectivity index (χ0v) is 17.0. The number of nitrogens with one attached hydrogen (secondary N) is 1. The third-order valence-electron chi connectivity index (χ3n) is 4.33. The fraction of sp³-hybridized carbons (Fsp3) is 0.588. The van der Waals surface area contributed by atoms with Gasteiger partial charge in [0.2, 0.25) is 15.9 Å². The molecule has 0 saturated carbocycles. The highest BCUT2D eigenvalue weighted by atomic mass is 35.5. The van der Waals surface area contributed by atoms with E-state index in [0.717, 1.165) is 6.42 Å². The van der Waals surface area contributed by atoms with E-state index in [1.807, 2.05) is 0 Å². The number of ether oxygens (including phenoxy) is 1. The Bertz CT molecular complexity index is 727. The number of sulfonamides is 1. The van der Waals surface area contributed by atoms with E-state index in [2.05, 4.69) is 5.32 Å². The van der Waals surface area contributed by atoms with Crippen LogP contribution in [0.25, 0.3) is 0 Å². The van der Waals surface area contributed by atoms with Crippen molar-refractivity contribution < 1.29 is 17.9 Å². The van der Waals surface area contributed by atoms with Crippen molar-refractivity contribution in [2.24, 2.45) is 5.92 Å². The summed E-state index contributed by atoms with van der Waals surface area (Å²) < 4.78 is 31.8. The van der Waals surface area contributed by atoms with Gasteiger partial charge in [0.1, 0.15) is 0 Å². The Kier molecular flexibility index (Phi) is 8.16. The van der Waals surface area contributed by atoms with Crippen LogP contribution in [0.15, 0.2) is 18.2 Å². The number of hydrogen-bond acceptors (Lipinski definition) is 4. The summed E-state index contributed by atoms with van der Waals surface area (Å²) in [5.74, 6) is -0.641. The smallest absolute Gasteiger partial charge is 0.224 e. The first-order chi connectivity index (χ1) is 12.3. The summed E-state index contributed by atoms with van der Waals surface area (Å²) in [4.78, 5) is 12.3. The van der Waals surface area contributed by atoms with Crippen molar-refractivity contribution in [1.29, 1.82) is 0 Å². The lowest BCUT2D eigenvalue weighted by Crippen LogP contribution is -2.46. The molecule has 1 aliphatic rings. The normalized spacial score (nSPS) is 18.7. The summed E-state index contributed by atoms with van der Waals surface area (Å²) in [7, 11) is -1.95. The highest BCUT2D eigenvalue weighted by Gasteiger charge is 2.32. The average Bonchev–Trinajstić information content (AvgIpc) is 2.61. The second-order valence-corrected chi connectivity index (χ2v) is 9.14. The highest BCUT2D eigenvalue weighted by Crippen LogP contribution is 2.26. The van der Waals surface area contributed by atoms with Crippen LogP contribution in [0.4, 0.5) is 0 Å².